The number of nitrogens with one attached hydrogen (secondary N) is 2. The summed E-state index contributed by atoms with van der Waals surface area (Å²) in [4.78, 5) is 37.3. The summed E-state index contributed by atoms with van der Waals surface area (Å²) >= 11 is 0. The number of nitrogens with zero attached hydrogens (tertiary/aromatic N) is 4. The number of piperidine rings is 1. The number of rotatable bonds is 4. The predicted octanol–water partition coefficient (Wildman–Crippen LogP) is 4.01. The van der Waals surface area contributed by atoms with Crippen LogP contribution in [0.1, 0.15) is 81.8 Å². The molecule has 0 saturated carbocycles. The Balaban J connectivity index is 1.38. The number of carbonyl (C=O) groups excluding carboxylic acids is 2. The van der Waals surface area contributed by atoms with Gasteiger partial charge in [-0.15, -0.1) is 0 Å². The summed E-state index contributed by atoms with van der Waals surface area (Å²) < 4.78 is 0. The molecule has 2 aromatic heterocycles. The van der Waals surface area contributed by atoms with E-state index in [4.69, 9.17) is 0 Å². The Morgan fingerprint density at radius 3 is 2.73 bits per heavy atom. The predicted molar refractivity (Wildman–Crippen MR) is 124 cm³/mol. The van der Waals surface area contributed by atoms with Gasteiger partial charge in [0, 0.05) is 29.7 Å². The molecule has 0 bridgehead atoms. The monoisotopic (exact) mass is 444 g/mol. The molecule has 3 aromatic rings. The van der Waals surface area contributed by atoms with Crippen LogP contribution in [0, 0.1) is 6.92 Å². The van der Waals surface area contributed by atoms with E-state index in [1.165, 1.54) is 0 Å². The number of likely N-dealkylation sites (tertiary alicyclic amines) is 1. The molecular weight excluding hydrogens is 416 g/mol. The van der Waals surface area contributed by atoms with Gasteiger partial charge in [-0.1, -0.05) is 18.2 Å². The first-order chi connectivity index (χ1) is 16.1. The van der Waals surface area contributed by atoms with Crippen molar-refractivity contribution < 1.29 is 9.59 Å². The number of aryl methyl sites for hydroxylation is 2. The topological polar surface area (TPSA) is 104 Å². The van der Waals surface area contributed by atoms with E-state index < -0.39 is 0 Å². The van der Waals surface area contributed by atoms with Gasteiger partial charge in [0.05, 0.1) is 17.3 Å². The van der Waals surface area contributed by atoms with Gasteiger partial charge in [-0.2, -0.15) is 5.10 Å². The molecule has 0 radical (unpaired) electrons. The number of carbonyl (C=O) groups is 2. The van der Waals surface area contributed by atoms with Crippen molar-refractivity contribution in [1.29, 1.82) is 0 Å². The van der Waals surface area contributed by atoms with Crippen LogP contribution in [0.5, 0.6) is 0 Å². The number of amides is 2. The van der Waals surface area contributed by atoms with Crippen molar-refractivity contribution in [3.05, 3.63) is 70.6 Å². The summed E-state index contributed by atoms with van der Waals surface area (Å²) in [6.45, 7) is 2.47. The average molecular weight is 445 g/mol. The molecule has 1 atom stereocenters. The molecular formula is C25H28N6O2. The van der Waals surface area contributed by atoms with Crippen LogP contribution in [-0.4, -0.2) is 43.4 Å². The molecule has 1 aromatic carbocycles. The van der Waals surface area contributed by atoms with E-state index in [1.54, 1.807) is 6.20 Å². The average Bonchev–Trinajstić information content (AvgIpc) is 3.28. The third-order valence-electron chi connectivity index (χ3n) is 6.59. The van der Waals surface area contributed by atoms with Crippen LogP contribution in [0.4, 0.5) is 5.69 Å². The zero-order valence-electron chi connectivity index (χ0n) is 18.8. The summed E-state index contributed by atoms with van der Waals surface area (Å²) in [6, 6.07) is 9.09. The van der Waals surface area contributed by atoms with E-state index in [-0.39, 0.29) is 17.9 Å². The van der Waals surface area contributed by atoms with Crippen LogP contribution in [0.15, 0.2) is 36.5 Å². The minimum absolute atomic E-state index is 0.0498. The zero-order chi connectivity index (χ0) is 22.8. The molecule has 8 heteroatoms. The number of hydrogen-bond donors (Lipinski definition) is 2. The normalized spacial score (nSPS) is 18.0. The van der Waals surface area contributed by atoms with Crippen LogP contribution < -0.4 is 5.32 Å². The molecule has 1 fully saturated rings. The molecule has 0 unspecified atom stereocenters. The Labute approximate surface area is 192 Å². The van der Waals surface area contributed by atoms with Gasteiger partial charge >= 0.3 is 0 Å². The third-order valence-corrected chi connectivity index (χ3v) is 6.59. The second-order valence-electron chi connectivity index (χ2n) is 8.79. The van der Waals surface area contributed by atoms with Crippen LogP contribution in [0.25, 0.3) is 0 Å². The number of aromatic amines is 1. The third kappa shape index (κ3) is 4.25. The van der Waals surface area contributed by atoms with Crippen molar-refractivity contribution in [2.24, 2.45) is 0 Å². The van der Waals surface area contributed by atoms with Crippen molar-refractivity contribution in [3.63, 3.8) is 0 Å². The SMILES string of the molecule is Cc1nc([C@H]2CCCCN2C(=O)c2n[nH]c3c2CCCC3)ncc1C(=O)Nc1ccccc1. The Hall–Kier alpha value is -3.55. The molecule has 2 aliphatic rings. The molecule has 1 saturated heterocycles. The molecule has 33 heavy (non-hydrogen) atoms. The van der Waals surface area contributed by atoms with E-state index in [0.29, 0.717) is 29.3 Å². The van der Waals surface area contributed by atoms with Gasteiger partial charge in [-0.3, -0.25) is 14.7 Å². The van der Waals surface area contributed by atoms with Gasteiger partial charge in [-0.05, 0) is 64.0 Å². The lowest BCUT2D eigenvalue weighted by Crippen LogP contribution is -2.40. The van der Waals surface area contributed by atoms with Crippen LogP contribution >= 0.6 is 0 Å². The first-order valence-corrected chi connectivity index (χ1v) is 11.7. The van der Waals surface area contributed by atoms with Gasteiger partial charge in [-0.25, -0.2) is 9.97 Å². The fourth-order valence-electron chi connectivity index (χ4n) is 4.83. The van der Waals surface area contributed by atoms with Crippen molar-refractivity contribution in [2.75, 3.05) is 11.9 Å². The zero-order valence-corrected chi connectivity index (χ0v) is 18.8. The lowest BCUT2D eigenvalue weighted by atomic mass is 9.94. The fraction of sp³-hybridized carbons (Fsp3) is 0.400. The maximum atomic E-state index is 13.5. The van der Waals surface area contributed by atoms with Gasteiger partial charge < -0.3 is 10.2 Å². The second kappa shape index (κ2) is 9.13. The van der Waals surface area contributed by atoms with Crippen molar-refractivity contribution in [3.8, 4) is 0 Å². The first-order valence-electron chi connectivity index (χ1n) is 11.7. The molecule has 170 valence electrons. The van der Waals surface area contributed by atoms with Crippen LogP contribution in [-0.2, 0) is 12.8 Å². The van der Waals surface area contributed by atoms with Gasteiger partial charge in [0.25, 0.3) is 11.8 Å². The number of benzene rings is 1. The van der Waals surface area contributed by atoms with Crippen molar-refractivity contribution in [2.45, 2.75) is 57.9 Å². The number of hydrogen-bond acceptors (Lipinski definition) is 5. The number of H-pyrrole nitrogens is 1. The Bertz CT molecular complexity index is 1170. The summed E-state index contributed by atoms with van der Waals surface area (Å²) in [7, 11) is 0. The highest BCUT2D eigenvalue weighted by Crippen LogP contribution is 2.32. The summed E-state index contributed by atoms with van der Waals surface area (Å²) in [5.41, 5.74) is 4.46. The number of aromatic nitrogens is 4. The summed E-state index contributed by atoms with van der Waals surface area (Å²) in [6.07, 6.45) is 8.39. The van der Waals surface area contributed by atoms with E-state index in [9.17, 15) is 9.59 Å². The smallest absolute Gasteiger partial charge is 0.275 e. The van der Waals surface area contributed by atoms with E-state index in [0.717, 1.165) is 61.9 Å². The molecule has 2 amide bonds. The highest BCUT2D eigenvalue weighted by atomic mass is 16.2. The maximum Gasteiger partial charge on any atom is 0.275 e. The van der Waals surface area contributed by atoms with E-state index in [1.807, 2.05) is 42.2 Å². The molecule has 1 aliphatic heterocycles. The molecule has 2 N–H and O–H groups in total. The Kier molecular flexibility index (Phi) is 5.90. The van der Waals surface area contributed by atoms with E-state index in [2.05, 4.69) is 25.5 Å². The standard InChI is InChI=1S/C25H28N6O2/c1-16-19(24(32)28-17-9-3-2-4-10-17)15-26-23(27-16)21-13-7-8-14-31(21)25(33)22-18-11-5-6-12-20(18)29-30-22/h2-4,9-10,15,21H,5-8,11-14H2,1H3,(H,28,32)(H,29,30)/t21-/m1/s1. The maximum absolute atomic E-state index is 13.5. The summed E-state index contributed by atoms with van der Waals surface area (Å²) in [5.74, 6) is 0.289. The van der Waals surface area contributed by atoms with Crippen LogP contribution in [0.2, 0.25) is 0 Å². The highest BCUT2D eigenvalue weighted by molar-refractivity contribution is 6.04. The molecule has 0 spiro atoms. The second-order valence-corrected chi connectivity index (χ2v) is 8.79. The van der Waals surface area contributed by atoms with Crippen molar-refractivity contribution >= 4 is 17.5 Å². The van der Waals surface area contributed by atoms with E-state index >= 15 is 0 Å². The Morgan fingerprint density at radius 1 is 1.09 bits per heavy atom. The number of anilines is 1. The number of para-hydroxylation sites is 1. The van der Waals surface area contributed by atoms with Crippen molar-refractivity contribution in [1.82, 2.24) is 25.1 Å². The molecule has 8 nitrogen and oxygen atoms in total. The minimum atomic E-state index is -0.245. The van der Waals surface area contributed by atoms with Crippen LogP contribution in [0.3, 0.4) is 0 Å². The highest BCUT2D eigenvalue weighted by Gasteiger charge is 2.34. The first kappa shape index (κ1) is 21.3. The quantitative estimate of drug-likeness (QED) is 0.633. The lowest BCUT2D eigenvalue weighted by Gasteiger charge is -2.34. The minimum Gasteiger partial charge on any atom is -0.327 e. The van der Waals surface area contributed by atoms with Gasteiger partial charge in [0.1, 0.15) is 0 Å². The fourth-order valence-corrected chi connectivity index (χ4v) is 4.83. The number of fused-ring (bicyclic) bond motifs is 1. The molecule has 3 heterocycles. The Morgan fingerprint density at radius 2 is 1.91 bits per heavy atom. The molecule has 1 aliphatic carbocycles. The molecule has 5 rings (SSSR count). The largest absolute Gasteiger partial charge is 0.327 e. The van der Waals surface area contributed by atoms with Gasteiger partial charge in [0.2, 0.25) is 0 Å². The lowest BCUT2D eigenvalue weighted by molar-refractivity contribution is 0.0591. The summed E-state index contributed by atoms with van der Waals surface area (Å²) in [5, 5.41) is 10.3. The van der Waals surface area contributed by atoms with Gasteiger partial charge in [0.15, 0.2) is 11.5 Å².